The maximum atomic E-state index is 9.99. The molecule has 1 aromatic carbocycles. The molecule has 1 atom stereocenters. The predicted octanol–water partition coefficient (Wildman–Crippen LogP) is 3.56. The van der Waals surface area contributed by atoms with Crippen LogP contribution in [0.25, 0.3) is 0 Å². The van der Waals surface area contributed by atoms with Crippen LogP contribution in [0.1, 0.15) is 28.8 Å². The molecule has 0 bridgehead atoms. The van der Waals surface area contributed by atoms with Gasteiger partial charge in [0.25, 0.3) is 0 Å². The first-order valence-corrected chi connectivity index (χ1v) is 7.44. The summed E-state index contributed by atoms with van der Waals surface area (Å²) in [5.41, 5.74) is 2.74. The van der Waals surface area contributed by atoms with Gasteiger partial charge in [0.2, 0.25) is 0 Å². The standard InChI is InChI=1S/C16H18OS/c17-12-16(11-14-7-4-10-18-14)9-3-6-13-5-1-2-8-15(13)16/h1-2,4-5,7-8,10,17H,3,6,9,11-12H2. The largest absolute Gasteiger partial charge is 0.395 e. The first kappa shape index (κ1) is 11.9. The van der Waals surface area contributed by atoms with Crippen molar-refractivity contribution in [2.45, 2.75) is 31.1 Å². The summed E-state index contributed by atoms with van der Waals surface area (Å²) >= 11 is 1.79. The lowest BCUT2D eigenvalue weighted by atomic mass is 9.68. The van der Waals surface area contributed by atoms with Gasteiger partial charge in [0.1, 0.15) is 0 Å². The second-order valence-corrected chi connectivity index (χ2v) is 6.24. The molecule has 1 unspecified atom stereocenters. The SMILES string of the molecule is OCC1(Cc2cccs2)CCCc2ccccc21. The van der Waals surface area contributed by atoms with Gasteiger partial charge in [-0.1, -0.05) is 30.3 Å². The first-order valence-electron chi connectivity index (χ1n) is 6.56. The molecule has 1 nitrogen and oxygen atoms in total. The van der Waals surface area contributed by atoms with Crippen LogP contribution >= 0.6 is 11.3 Å². The predicted molar refractivity (Wildman–Crippen MR) is 76.2 cm³/mol. The summed E-state index contributed by atoms with van der Waals surface area (Å²) in [6, 6.07) is 12.9. The average Bonchev–Trinajstić information content (AvgIpc) is 2.92. The van der Waals surface area contributed by atoms with Gasteiger partial charge >= 0.3 is 0 Å². The van der Waals surface area contributed by atoms with Crippen LogP contribution in [-0.2, 0) is 18.3 Å². The van der Waals surface area contributed by atoms with Gasteiger partial charge in [-0.15, -0.1) is 11.3 Å². The third kappa shape index (κ3) is 2.00. The molecule has 0 saturated heterocycles. The summed E-state index contributed by atoms with van der Waals surface area (Å²) in [5, 5.41) is 12.1. The Labute approximate surface area is 112 Å². The van der Waals surface area contributed by atoms with Crippen molar-refractivity contribution in [1.82, 2.24) is 0 Å². The second-order valence-electron chi connectivity index (χ2n) is 5.21. The van der Waals surface area contributed by atoms with Crippen molar-refractivity contribution in [3.05, 3.63) is 57.8 Å². The molecule has 3 rings (SSSR count). The molecule has 0 aliphatic heterocycles. The molecule has 94 valence electrons. The van der Waals surface area contributed by atoms with Gasteiger partial charge in [0.05, 0.1) is 6.61 Å². The number of hydrogen-bond donors (Lipinski definition) is 1. The van der Waals surface area contributed by atoms with E-state index in [1.165, 1.54) is 22.4 Å². The van der Waals surface area contributed by atoms with Crippen molar-refractivity contribution in [3.63, 3.8) is 0 Å². The monoisotopic (exact) mass is 258 g/mol. The number of fused-ring (bicyclic) bond motifs is 1. The topological polar surface area (TPSA) is 20.2 Å². The number of aryl methyl sites for hydroxylation is 1. The third-order valence-electron chi connectivity index (χ3n) is 4.09. The fourth-order valence-corrected chi connectivity index (χ4v) is 4.01. The number of benzene rings is 1. The molecule has 0 radical (unpaired) electrons. The van der Waals surface area contributed by atoms with E-state index in [0.717, 1.165) is 19.3 Å². The lowest BCUT2D eigenvalue weighted by Crippen LogP contribution is -2.36. The van der Waals surface area contributed by atoms with Crippen LogP contribution in [0.3, 0.4) is 0 Å². The molecule has 1 aromatic heterocycles. The van der Waals surface area contributed by atoms with E-state index in [2.05, 4.69) is 41.8 Å². The third-order valence-corrected chi connectivity index (χ3v) is 4.96. The highest BCUT2D eigenvalue weighted by molar-refractivity contribution is 7.09. The van der Waals surface area contributed by atoms with Crippen LogP contribution in [-0.4, -0.2) is 11.7 Å². The molecule has 1 aliphatic rings. The van der Waals surface area contributed by atoms with E-state index in [4.69, 9.17) is 0 Å². The van der Waals surface area contributed by atoms with Crippen LogP contribution in [0.2, 0.25) is 0 Å². The summed E-state index contributed by atoms with van der Waals surface area (Å²) in [7, 11) is 0. The average molecular weight is 258 g/mol. The van der Waals surface area contributed by atoms with Gasteiger partial charge in [-0.05, 0) is 48.3 Å². The quantitative estimate of drug-likeness (QED) is 0.892. The molecule has 2 heteroatoms. The number of aliphatic hydroxyl groups excluding tert-OH is 1. The summed E-state index contributed by atoms with van der Waals surface area (Å²) in [5.74, 6) is 0. The summed E-state index contributed by atoms with van der Waals surface area (Å²) < 4.78 is 0. The van der Waals surface area contributed by atoms with Crippen molar-refractivity contribution >= 4 is 11.3 Å². The fourth-order valence-electron chi connectivity index (χ4n) is 3.16. The van der Waals surface area contributed by atoms with Crippen LogP contribution in [0, 0.1) is 0 Å². The Morgan fingerprint density at radius 1 is 1.17 bits per heavy atom. The zero-order valence-electron chi connectivity index (χ0n) is 10.4. The molecule has 1 N–H and O–H groups in total. The zero-order valence-corrected chi connectivity index (χ0v) is 11.2. The van der Waals surface area contributed by atoms with Gasteiger partial charge in [-0.25, -0.2) is 0 Å². The molecule has 2 aromatic rings. The van der Waals surface area contributed by atoms with Crippen LogP contribution < -0.4 is 0 Å². The highest BCUT2D eigenvalue weighted by atomic mass is 32.1. The highest BCUT2D eigenvalue weighted by Crippen LogP contribution is 2.40. The number of thiophene rings is 1. The Morgan fingerprint density at radius 2 is 2.06 bits per heavy atom. The van der Waals surface area contributed by atoms with Crippen LogP contribution in [0.4, 0.5) is 0 Å². The van der Waals surface area contributed by atoms with E-state index in [1.807, 2.05) is 0 Å². The minimum Gasteiger partial charge on any atom is -0.395 e. The Balaban J connectivity index is 2.02. The van der Waals surface area contributed by atoms with Crippen molar-refractivity contribution in [3.8, 4) is 0 Å². The zero-order chi connectivity index (χ0) is 12.4. The highest BCUT2D eigenvalue weighted by Gasteiger charge is 2.36. The summed E-state index contributed by atoms with van der Waals surface area (Å²) in [6.45, 7) is 0.252. The van der Waals surface area contributed by atoms with E-state index in [-0.39, 0.29) is 12.0 Å². The van der Waals surface area contributed by atoms with Crippen molar-refractivity contribution in [2.24, 2.45) is 0 Å². The van der Waals surface area contributed by atoms with E-state index >= 15 is 0 Å². The first-order chi connectivity index (χ1) is 8.84. The van der Waals surface area contributed by atoms with Crippen molar-refractivity contribution in [2.75, 3.05) is 6.61 Å². The Bertz CT molecular complexity index is 518. The minimum atomic E-state index is -0.0559. The van der Waals surface area contributed by atoms with E-state index in [1.54, 1.807) is 11.3 Å². The smallest absolute Gasteiger partial charge is 0.0531 e. The van der Waals surface area contributed by atoms with E-state index < -0.39 is 0 Å². The summed E-state index contributed by atoms with van der Waals surface area (Å²) in [4.78, 5) is 1.38. The van der Waals surface area contributed by atoms with Gasteiger partial charge < -0.3 is 5.11 Å². The molecular formula is C16H18OS. The van der Waals surface area contributed by atoms with Crippen molar-refractivity contribution in [1.29, 1.82) is 0 Å². The minimum absolute atomic E-state index is 0.0559. The molecule has 1 heterocycles. The molecule has 0 spiro atoms. The fraction of sp³-hybridized carbons (Fsp3) is 0.375. The van der Waals surface area contributed by atoms with Gasteiger partial charge in [-0.3, -0.25) is 0 Å². The molecule has 0 fully saturated rings. The van der Waals surface area contributed by atoms with Crippen LogP contribution in [0.5, 0.6) is 0 Å². The Kier molecular flexibility index (Phi) is 3.23. The van der Waals surface area contributed by atoms with Crippen molar-refractivity contribution < 1.29 is 5.11 Å². The molecule has 0 saturated carbocycles. The lowest BCUT2D eigenvalue weighted by molar-refractivity contribution is 0.174. The number of rotatable bonds is 3. The van der Waals surface area contributed by atoms with Gasteiger partial charge in [0.15, 0.2) is 0 Å². The van der Waals surface area contributed by atoms with Gasteiger partial charge in [-0.2, -0.15) is 0 Å². The number of hydrogen-bond acceptors (Lipinski definition) is 2. The van der Waals surface area contributed by atoms with E-state index in [0.29, 0.717) is 0 Å². The maximum Gasteiger partial charge on any atom is 0.0531 e. The molecular weight excluding hydrogens is 240 g/mol. The molecule has 1 aliphatic carbocycles. The normalized spacial score (nSPS) is 22.7. The Hall–Kier alpha value is -1.12. The van der Waals surface area contributed by atoms with Gasteiger partial charge in [0, 0.05) is 10.3 Å². The van der Waals surface area contributed by atoms with E-state index in [9.17, 15) is 5.11 Å². The lowest BCUT2D eigenvalue weighted by Gasteiger charge is -2.37. The molecule has 18 heavy (non-hydrogen) atoms. The Morgan fingerprint density at radius 3 is 2.83 bits per heavy atom. The number of aliphatic hydroxyl groups is 1. The second kappa shape index (κ2) is 4.87. The summed E-state index contributed by atoms with van der Waals surface area (Å²) in [6.07, 6.45) is 4.40. The maximum absolute atomic E-state index is 9.99. The molecule has 0 amide bonds. The van der Waals surface area contributed by atoms with Crippen LogP contribution in [0.15, 0.2) is 41.8 Å².